The highest BCUT2D eigenvalue weighted by Crippen LogP contribution is 2.26. The van der Waals surface area contributed by atoms with Crippen molar-refractivity contribution in [2.75, 3.05) is 5.75 Å². The van der Waals surface area contributed by atoms with E-state index in [2.05, 4.69) is 15.9 Å². The van der Waals surface area contributed by atoms with Gasteiger partial charge in [0.05, 0.1) is 6.10 Å². The second kappa shape index (κ2) is 6.70. The summed E-state index contributed by atoms with van der Waals surface area (Å²) in [6.07, 6.45) is 0.203. The Morgan fingerprint density at radius 1 is 1.39 bits per heavy atom. The van der Waals surface area contributed by atoms with Gasteiger partial charge in [-0.05, 0) is 45.6 Å². The largest absolute Gasteiger partial charge is 0.392 e. The summed E-state index contributed by atoms with van der Waals surface area (Å²) >= 11 is 6.54. The maximum atomic E-state index is 13.0. The Balaban J connectivity index is 1.85. The van der Waals surface area contributed by atoms with Crippen molar-refractivity contribution in [1.82, 2.24) is 0 Å². The van der Waals surface area contributed by atoms with Gasteiger partial charge in [-0.1, -0.05) is 6.07 Å². The summed E-state index contributed by atoms with van der Waals surface area (Å²) in [6.45, 7) is 0. The molecule has 18 heavy (non-hydrogen) atoms. The first-order valence-corrected chi connectivity index (χ1v) is 8.09. The third kappa shape index (κ3) is 4.09. The van der Waals surface area contributed by atoms with Crippen LogP contribution >= 0.6 is 39.0 Å². The molecule has 0 aliphatic heterocycles. The van der Waals surface area contributed by atoms with Gasteiger partial charge in [-0.2, -0.15) is 0 Å². The van der Waals surface area contributed by atoms with E-state index >= 15 is 0 Å². The van der Waals surface area contributed by atoms with Crippen molar-refractivity contribution in [3.8, 4) is 0 Å². The highest BCUT2D eigenvalue weighted by Gasteiger charge is 2.10. The zero-order chi connectivity index (χ0) is 13.0. The van der Waals surface area contributed by atoms with Gasteiger partial charge < -0.3 is 5.11 Å². The molecule has 2 aromatic rings. The molecule has 0 saturated carbocycles. The highest BCUT2D eigenvalue weighted by atomic mass is 79.9. The number of rotatable bonds is 5. The van der Waals surface area contributed by atoms with Crippen LogP contribution in [0.15, 0.2) is 45.1 Å². The fourth-order valence-corrected chi connectivity index (χ4v) is 3.95. The maximum absolute atomic E-state index is 13.0. The molecule has 1 N–H and O–H groups in total. The summed E-state index contributed by atoms with van der Waals surface area (Å²) < 4.78 is 14.0. The van der Waals surface area contributed by atoms with Crippen molar-refractivity contribution in [3.05, 3.63) is 50.9 Å². The average Bonchev–Trinajstić information content (AvgIpc) is 2.73. The van der Waals surface area contributed by atoms with Gasteiger partial charge in [0.2, 0.25) is 0 Å². The molecule has 0 bridgehead atoms. The zero-order valence-corrected chi connectivity index (χ0v) is 12.7. The van der Waals surface area contributed by atoms with Crippen molar-refractivity contribution in [2.24, 2.45) is 0 Å². The summed E-state index contributed by atoms with van der Waals surface area (Å²) in [6, 6.07) is 8.41. The van der Waals surface area contributed by atoms with Gasteiger partial charge in [0.1, 0.15) is 5.82 Å². The summed E-state index contributed by atoms with van der Waals surface area (Å²) in [4.78, 5) is 1.99. The molecule has 1 heterocycles. The first-order chi connectivity index (χ1) is 8.65. The SMILES string of the molecule is OC(CSc1cccc(F)c1)Cc1sccc1Br. The van der Waals surface area contributed by atoms with Gasteiger partial charge in [-0.3, -0.25) is 0 Å². The molecule has 0 radical (unpaired) electrons. The molecule has 1 nitrogen and oxygen atoms in total. The maximum Gasteiger partial charge on any atom is 0.124 e. The van der Waals surface area contributed by atoms with E-state index in [-0.39, 0.29) is 5.82 Å². The lowest BCUT2D eigenvalue weighted by Gasteiger charge is -2.09. The summed E-state index contributed by atoms with van der Waals surface area (Å²) in [5.74, 6) is 0.323. The monoisotopic (exact) mass is 346 g/mol. The molecule has 1 aromatic heterocycles. The fraction of sp³-hybridized carbons (Fsp3) is 0.231. The number of halogens is 2. The van der Waals surface area contributed by atoms with Crippen LogP contribution in [-0.2, 0) is 6.42 Å². The van der Waals surface area contributed by atoms with Crippen LogP contribution in [0, 0.1) is 5.82 Å². The van der Waals surface area contributed by atoms with Crippen molar-refractivity contribution >= 4 is 39.0 Å². The molecular weight excluding hydrogens is 335 g/mol. The Morgan fingerprint density at radius 3 is 2.89 bits per heavy atom. The van der Waals surface area contributed by atoms with E-state index in [0.29, 0.717) is 12.2 Å². The number of aliphatic hydroxyl groups excluding tert-OH is 1. The molecule has 96 valence electrons. The molecular formula is C13H12BrFOS2. The van der Waals surface area contributed by atoms with Crippen LogP contribution in [0.1, 0.15) is 4.88 Å². The van der Waals surface area contributed by atoms with Crippen LogP contribution in [0.3, 0.4) is 0 Å². The van der Waals surface area contributed by atoms with E-state index in [1.807, 2.05) is 17.5 Å². The normalized spacial score (nSPS) is 12.6. The number of thioether (sulfide) groups is 1. The lowest BCUT2D eigenvalue weighted by molar-refractivity contribution is 0.201. The molecule has 0 spiro atoms. The fourth-order valence-electron chi connectivity index (χ4n) is 1.49. The van der Waals surface area contributed by atoms with Crippen molar-refractivity contribution in [2.45, 2.75) is 17.4 Å². The second-order valence-corrected chi connectivity index (χ2v) is 6.77. The van der Waals surface area contributed by atoms with Crippen LogP contribution in [0.2, 0.25) is 0 Å². The van der Waals surface area contributed by atoms with Crippen molar-refractivity contribution < 1.29 is 9.50 Å². The van der Waals surface area contributed by atoms with Crippen LogP contribution in [0.4, 0.5) is 4.39 Å². The zero-order valence-electron chi connectivity index (χ0n) is 9.48. The highest BCUT2D eigenvalue weighted by molar-refractivity contribution is 9.10. The van der Waals surface area contributed by atoms with Gasteiger partial charge in [0.25, 0.3) is 0 Å². The van der Waals surface area contributed by atoms with Crippen molar-refractivity contribution in [1.29, 1.82) is 0 Å². The van der Waals surface area contributed by atoms with Gasteiger partial charge in [-0.25, -0.2) is 4.39 Å². The quantitative estimate of drug-likeness (QED) is 0.812. The second-order valence-electron chi connectivity index (χ2n) is 3.82. The summed E-state index contributed by atoms with van der Waals surface area (Å²) in [5.41, 5.74) is 0. The number of hydrogen-bond donors (Lipinski definition) is 1. The Bertz CT molecular complexity index is 515. The molecule has 0 saturated heterocycles. The van der Waals surface area contributed by atoms with E-state index in [4.69, 9.17) is 0 Å². The molecule has 0 aliphatic carbocycles. The molecule has 0 fully saturated rings. The number of hydrogen-bond acceptors (Lipinski definition) is 3. The van der Waals surface area contributed by atoms with E-state index in [0.717, 1.165) is 14.2 Å². The van der Waals surface area contributed by atoms with Crippen LogP contribution < -0.4 is 0 Å². The first-order valence-electron chi connectivity index (χ1n) is 5.43. The number of aliphatic hydroxyl groups is 1. The van der Waals surface area contributed by atoms with Crippen LogP contribution in [-0.4, -0.2) is 17.0 Å². The third-order valence-electron chi connectivity index (χ3n) is 2.35. The molecule has 1 aromatic carbocycles. The summed E-state index contributed by atoms with van der Waals surface area (Å²) in [5, 5.41) is 11.9. The topological polar surface area (TPSA) is 20.2 Å². The van der Waals surface area contributed by atoms with E-state index in [9.17, 15) is 9.50 Å². The molecule has 1 unspecified atom stereocenters. The molecule has 2 rings (SSSR count). The minimum absolute atomic E-state index is 0.240. The van der Waals surface area contributed by atoms with Gasteiger partial charge >= 0.3 is 0 Å². The smallest absolute Gasteiger partial charge is 0.124 e. The minimum Gasteiger partial charge on any atom is -0.392 e. The average molecular weight is 347 g/mol. The lowest BCUT2D eigenvalue weighted by atomic mass is 10.2. The lowest BCUT2D eigenvalue weighted by Crippen LogP contribution is -2.12. The number of benzene rings is 1. The molecule has 5 heteroatoms. The molecule has 0 amide bonds. The van der Waals surface area contributed by atoms with E-state index in [1.165, 1.54) is 23.9 Å². The van der Waals surface area contributed by atoms with Crippen LogP contribution in [0.5, 0.6) is 0 Å². The van der Waals surface area contributed by atoms with Crippen molar-refractivity contribution in [3.63, 3.8) is 0 Å². The molecule has 0 aliphatic rings. The van der Waals surface area contributed by atoms with E-state index < -0.39 is 6.10 Å². The Hall–Kier alpha value is -0.360. The Kier molecular flexibility index (Phi) is 5.24. The Morgan fingerprint density at radius 2 is 2.22 bits per heavy atom. The van der Waals surface area contributed by atoms with Gasteiger partial charge in [0.15, 0.2) is 0 Å². The first kappa shape index (κ1) is 14.1. The van der Waals surface area contributed by atoms with Crippen LogP contribution in [0.25, 0.3) is 0 Å². The molecule has 1 atom stereocenters. The van der Waals surface area contributed by atoms with Gasteiger partial charge in [-0.15, -0.1) is 23.1 Å². The Labute approximate surface area is 122 Å². The standard InChI is InChI=1S/C13H12BrFOS2/c14-12-4-5-17-13(12)7-10(16)8-18-11-3-1-2-9(15)6-11/h1-6,10,16H,7-8H2. The van der Waals surface area contributed by atoms with Gasteiger partial charge in [0, 0.05) is 26.4 Å². The van der Waals surface area contributed by atoms with E-state index in [1.54, 1.807) is 17.4 Å². The number of thiophene rings is 1. The third-order valence-corrected chi connectivity index (χ3v) is 5.44. The predicted octanol–water partition coefficient (Wildman–Crippen LogP) is 4.35. The summed E-state index contributed by atoms with van der Waals surface area (Å²) in [7, 11) is 0. The predicted molar refractivity (Wildman–Crippen MR) is 78.9 cm³/mol. The minimum atomic E-state index is -0.423.